The van der Waals surface area contributed by atoms with E-state index in [1.165, 1.54) is 0 Å². The zero-order valence-electron chi connectivity index (χ0n) is 12.9. The lowest BCUT2D eigenvalue weighted by atomic mass is 10.1. The van der Waals surface area contributed by atoms with Gasteiger partial charge >= 0.3 is 0 Å². The van der Waals surface area contributed by atoms with Gasteiger partial charge in [-0.15, -0.1) is 0 Å². The van der Waals surface area contributed by atoms with Gasteiger partial charge in [0.05, 0.1) is 6.20 Å². The minimum absolute atomic E-state index is 0.103. The lowest BCUT2D eigenvalue weighted by Gasteiger charge is -2.30. The third-order valence-electron chi connectivity index (χ3n) is 4.05. The number of carbonyl (C=O) groups excluding carboxylic acids is 1. The molecule has 1 amide bonds. The third kappa shape index (κ3) is 4.12. The van der Waals surface area contributed by atoms with Gasteiger partial charge in [-0.2, -0.15) is 0 Å². The Kier molecular flexibility index (Phi) is 4.98. The maximum atomic E-state index is 12.2. The summed E-state index contributed by atoms with van der Waals surface area (Å²) < 4.78 is 5.72. The van der Waals surface area contributed by atoms with Gasteiger partial charge in [-0.05, 0) is 37.1 Å². The summed E-state index contributed by atoms with van der Waals surface area (Å²) >= 11 is 5.88. The number of nitrogens with two attached hydrogens (primary N) is 1. The molecule has 1 fully saturated rings. The first kappa shape index (κ1) is 16.0. The number of amides is 1. The predicted octanol–water partition coefficient (Wildman–Crippen LogP) is 2.88. The molecular weight excluding hydrogens is 314 g/mol. The molecule has 0 radical (unpaired) electrons. The second kappa shape index (κ2) is 7.15. The minimum atomic E-state index is 0.103. The molecule has 5 nitrogen and oxygen atoms in total. The predicted molar refractivity (Wildman–Crippen MR) is 89.1 cm³/mol. The minimum Gasteiger partial charge on any atom is -0.441 e. The van der Waals surface area contributed by atoms with E-state index < -0.39 is 0 Å². The first-order chi connectivity index (χ1) is 11.1. The van der Waals surface area contributed by atoms with Crippen LogP contribution < -0.4 is 5.73 Å². The number of aryl methyl sites for hydroxylation is 1. The van der Waals surface area contributed by atoms with E-state index in [1.54, 1.807) is 6.20 Å². The molecule has 0 saturated carbocycles. The van der Waals surface area contributed by atoms with Crippen LogP contribution >= 0.6 is 11.6 Å². The Morgan fingerprint density at radius 2 is 2.17 bits per heavy atom. The van der Waals surface area contributed by atoms with Crippen molar-refractivity contribution in [1.29, 1.82) is 0 Å². The van der Waals surface area contributed by atoms with Crippen molar-refractivity contribution in [3.05, 3.63) is 41.4 Å². The monoisotopic (exact) mass is 333 g/mol. The molecule has 1 aliphatic rings. The van der Waals surface area contributed by atoms with Crippen LogP contribution in [0.25, 0.3) is 11.3 Å². The summed E-state index contributed by atoms with van der Waals surface area (Å²) in [6.45, 7) is 1.45. The number of carbonyl (C=O) groups is 1. The summed E-state index contributed by atoms with van der Waals surface area (Å²) in [6.07, 6.45) is 4.55. The highest BCUT2D eigenvalue weighted by atomic mass is 35.5. The van der Waals surface area contributed by atoms with E-state index in [-0.39, 0.29) is 11.9 Å². The summed E-state index contributed by atoms with van der Waals surface area (Å²) in [5.74, 6) is 1.38. The second-order valence-corrected chi connectivity index (χ2v) is 6.30. The van der Waals surface area contributed by atoms with Gasteiger partial charge in [0.15, 0.2) is 11.7 Å². The molecule has 0 bridgehead atoms. The van der Waals surface area contributed by atoms with Crippen molar-refractivity contribution in [2.45, 2.75) is 31.7 Å². The molecule has 2 aromatic rings. The molecule has 1 aromatic carbocycles. The van der Waals surface area contributed by atoms with Crippen molar-refractivity contribution in [3.8, 4) is 11.3 Å². The molecule has 2 N–H and O–H groups in total. The van der Waals surface area contributed by atoms with Crippen LogP contribution in [0.3, 0.4) is 0 Å². The third-order valence-corrected chi connectivity index (χ3v) is 4.30. The van der Waals surface area contributed by atoms with Crippen LogP contribution in [-0.2, 0) is 11.2 Å². The van der Waals surface area contributed by atoms with Gasteiger partial charge in [0, 0.05) is 42.6 Å². The maximum absolute atomic E-state index is 12.2. The Labute approximate surface area is 140 Å². The molecule has 1 saturated heterocycles. The number of aromatic nitrogens is 1. The topological polar surface area (TPSA) is 72.4 Å². The van der Waals surface area contributed by atoms with Crippen molar-refractivity contribution in [1.82, 2.24) is 9.88 Å². The molecule has 2 heterocycles. The molecular formula is C17H20ClN3O2. The quantitative estimate of drug-likeness (QED) is 0.933. The van der Waals surface area contributed by atoms with Gasteiger partial charge in [0.25, 0.3) is 0 Å². The zero-order valence-corrected chi connectivity index (χ0v) is 13.6. The average molecular weight is 334 g/mol. The standard InChI is InChI=1S/C17H20ClN3O2/c18-13-5-3-12(4-6-13)15-10-20-16(23-15)7-8-17(22)21-9-1-2-14(19)11-21/h3-6,10,14H,1-2,7-9,11,19H2. The molecule has 0 spiro atoms. The van der Waals surface area contributed by atoms with Crippen LogP contribution in [0.5, 0.6) is 0 Å². The van der Waals surface area contributed by atoms with Crippen molar-refractivity contribution < 1.29 is 9.21 Å². The van der Waals surface area contributed by atoms with E-state index in [2.05, 4.69) is 4.98 Å². The molecule has 122 valence electrons. The molecule has 1 aliphatic heterocycles. The summed E-state index contributed by atoms with van der Waals surface area (Å²) in [6, 6.07) is 7.48. The van der Waals surface area contributed by atoms with Gasteiger partial charge in [-0.3, -0.25) is 4.79 Å². The smallest absolute Gasteiger partial charge is 0.223 e. The molecule has 23 heavy (non-hydrogen) atoms. The van der Waals surface area contributed by atoms with E-state index >= 15 is 0 Å². The summed E-state index contributed by atoms with van der Waals surface area (Å²) in [5.41, 5.74) is 6.83. The Balaban J connectivity index is 1.56. The van der Waals surface area contributed by atoms with Gasteiger partial charge < -0.3 is 15.1 Å². The number of halogens is 1. The summed E-state index contributed by atoms with van der Waals surface area (Å²) in [4.78, 5) is 18.3. The molecule has 1 aromatic heterocycles. The molecule has 0 aliphatic carbocycles. The van der Waals surface area contributed by atoms with Crippen LogP contribution in [-0.4, -0.2) is 34.9 Å². The first-order valence-electron chi connectivity index (χ1n) is 7.86. The lowest BCUT2D eigenvalue weighted by Crippen LogP contribution is -2.45. The van der Waals surface area contributed by atoms with Gasteiger partial charge in [-0.25, -0.2) is 4.98 Å². The Morgan fingerprint density at radius 1 is 1.39 bits per heavy atom. The SMILES string of the molecule is NC1CCCN(C(=O)CCc2ncc(-c3ccc(Cl)cc3)o2)C1. The van der Waals surface area contributed by atoms with E-state index in [0.29, 0.717) is 36.1 Å². The number of oxazole rings is 1. The Bertz CT molecular complexity index is 669. The number of piperidine rings is 1. The fourth-order valence-electron chi connectivity index (χ4n) is 2.78. The largest absolute Gasteiger partial charge is 0.441 e. The van der Waals surface area contributed by atoms with Crippen molar-refractivity contribution >= 4 is 17.5 Å². The fraction of sp³-hybridized carbons (Fsp3) is 0.412. The first-order valence-corrected chi connectivity index (χ1v) is 8.23. The zero-order chi connectivity index (χ0) is 16.2. The summed E-state index contributed by atoms with van der Waals surface area (Å²) in [7, 11) is 0. The number of rotatable bonds is 4. The normalized spacial score (nSPS) is 18.2. The number of nitrogens with zero attached hydrogens (tertiary/aromatic N) is 2. The maximum Gasteiger partial charge on any atom is 0.223 e. The highest BCUT2D eigenvalue weighted by molar-refractivity contribution is 6.30. The van der Waals surface area contributed by atoms with Crippen molar-refractivity contribution in [3.63, 3.8) is 0 Å². The lowest BCUT2D eigenvalue weighted by molar-refractivity contribution is -0.132. The van der Waals surface area contributed by atoms with Gasteiger partial charge in [0.2, 0.25) is 5.91 Å². The van der Waals surface area contributed by atoms with Crippen LogP contribution in [0.2, 0.25) is 5.02 Å². The number of hydrogen-bond donors (Lipinski definition) is 1. The average Bonchev–Trinajstić information content (AvgIpc) is 3.02. The number of hydrogen-bond acceptors (Lipinski definition) is 4. The molecule has 1 unspecified atom stereocenters. The van der Waals surface area contributed by atoms with E-state index in [4.69, 9.17) is 21.8 Å². The van der Waals surface area contributed by atoms with Gasteiger partial charge in [-0.1, -0.05) is 11.6 Å². The molecule has 3 rings (SSSR count). The van der Waals surface area contributed by atoms with Crippen LogP contribution in [0.4, 0.5) is 0 Å². The molecule has 1 atom stereocenters. The van der Waals surface area contributed by atoms with Crippen molar-refractivity contribution in [2.24, 2.45) is 5.73 Å². The van der Waals surface area contributed by atoms with E-state index in [0.717, 1.165) is 24.9 Å². The second-order valence-electron chi connectivity index (χ2n) is 5.87. The van der Waals surface area contributed by atoms with Gasteiger partial charge in [0.1, 0.15) is 0 Å². The number of likely N-dealkylation sites (tertiary alicyclic amines) is 1. The molecule has 6 heteroatoms. The van der Waals surface area contributed by atoms with Crippen molar-refractivity contribution in [2.75, 3.05) is 13.1 Å². The Hall–Kier alpha value is -1.85. The van der Waals surface area contributed by atoms with Crippen LogP contribution in [0.15, 0.2) is 34.9 Å². The highest BCUT2D eigenvalue weighted by Gasteiger charge is 2.21. The summed E-state index contributed by atoms with van der Waals surface area (Å²) in [5, 5.41) is 0.679. The fourth-order valence-corrected chi connectivity index (χ4v) is 2.91. The van der Waals surface area contributed by atoms with E-state index in [1.807, 2.05) is 29.2 Å². The van der Waals surface area contributed by atoms with Crippen LogP contribution in [0.1, 0.15) is 25.2 Å². The van der Waals surface area contributed by atoms with Crippen LogP contribution in [0, 0.1) is 0 Å². The number of benzene rings is 1. The van der Waals surface area contributed by atoms with E-state index in [9.17, 15) is 4.79 Å². The highest BCUT2D eigenvalue weighted by Crippen LogP contribution is 2.23. The Morgan fingerprint density at radius 3 is 2.91 bits per heavy atom.